The second-order valence-corrected chi connectivity index (χ2v) is 6.62. The number of hydrogen-bond acceptors (Lipinski definition) is 4. The molecule has 1 amide bonds. The molecule has 0 spiro atoms. The Bertz CT molecular complexity index is 463. The van der Waals surface area contributed by atoms with E-state index in [-0.39, 0.29) is 23.7 Å². The Kier molecular flexibility index (Phi) is 7.32. The Hall–Kier alpha value is -1.11. The zero-order valence-corrected chi connectivity index (χ0v) is 14.6. The van der Waals surface area contributed by atoms with Crippen molar-refractivity contribution in [1.29, 1.82) is 0 Å². The molecule has 1 saturated heterocycles. The molecule has 0 aliphatic carbocycles. The van der Waals surface area contributed by atoms with Gasteiger partial charge in [-0.2, -0.15) is 5.10 Å². The summed E-state index contributed by atoms with van der Waals surface area (Å²) in [6.07, 6.45) is 0.974. The van der Waals surface area contributed by atoms with Crippen molar-refractivity contribution in [2.45, 2.75) is 32.6 Å². The molecule has 6 nitrogen and oxygen atoms in total. The van der Waals surface area contributed by atoms with Crippen molar-refractivity contribution in [3.8, 4) is 0 Å². The van der Waals surface area contributed by atoms with Crippen LogP contribution in [-0.2, 0) is 5.41 Å². The van der Waals surface area contributed by atoms with E-state index >= 15 is 0 Å². The standard InChI is InChI=1S/C15H27N5O.ClH/c1-15(2,3)13-11-12(18-19-13)14(21)17-5-4-8-20-9-6-16-7-10-20;/h11,16H,4-10H2,1-3H3,(H,17,21)(H,18,19);1H. The van der Waals surface area contributed by atoms with Crippen LogP contribution in [0.5, 0.6) is 0 Å². The van der Waals surface area contributed by atoms with Gasteiger partial charge in [-0.3, -0.25) is 9.89 Å². The Morgan fingerprint density at radius 1 is 1.36 bits per heavy atom. The minimum absolute atomic E-state index is 0. The molecule has 1 aliphatic rings. The summed E-state index contributed by atoms with van der Waals surface area (Å²) in [4.78, 5) is 14.4. The summed E-state index contributed by atoms with van der Waals surface area (Å²) >= 11 is 0. The third-order valence-corrected chi connectivity index (χ3v) is 3.76. The third-order valence-electron chi connectivity index (χ3n) is 3.76. The number of aromatic amines is 1. The van der Waals surface area contributed by atoms with Crippen molar-refractivity contribution in [3.63, 3.8) is 0 Å². The average Bonchev–Trinajstić information content (AvgIpc) is 2.94. The number of nitrogens with zero attached hydrogens (tertiary/aromatic N) is 2. The lowest BCUT2D eigenvalue weighted by atomic mass is 9.92. The summed E-state index contributed by atoms with van der Waals surface area (Å²) in [5, 5.41) is 13.3. The molecule has 3 N–H and O–H groups in total. The summed E-state index contributed by atoms with van der Waals surface area (Å²) < 4.78 is 0. The molecule has 0 unspecified atom stereocenters. The van der Waals surface area contributed by atoms with E-state index < -0.39 is 0 Å². The molecule has 1 aromatic heterocycles. The van der Waals surface area contributed by atoms with E-state index in [4.69, 9.17) is 0 Å². The van der Waals surface area contributed by atoms with Gasteiger partial charge in [-0.1, -0.05) is 20.8 Å². The highest BCUT2D eigenvalue weighted by atomic mass is 35.5. The first-order valence-electron chi connectivity index (χ1n) is 7.74. The quantitative estimate of drug-likeness (QED) is 0.709. The molecule has 0 bridgehead atoms. The second-order valence-electron chi connectivity index (χ2n) is 6.62. The van der Waals surface area contributed by atoms with E-state index in [1.807, 2.05) is 6.07 Å². The van der Waals surface area contributed by atoms with Crippen LogP contribution in [0.25, 0.3) is 0 Å². The summed E-state index contributed by atoms with van der Waals surface area (Å²) in [7, 11) is 0. The molecular weight excluding hydrogens is 302 g/mol. The number of amides is 1. The van der Waals surface area contributed by atoms with Crippen molar-refractivity contribution >= 4 is 18.3 Å². The van der Waals surface area contributed by atoms with E-state index in [9.17, 15) is 4.79 Å². The Labute approximate surface area is 138 Å². The average molecular weight is 330 g/mol. The van der Waals surface area contributed by atoms with Crippen molar-refractivity contribution in [1.82, 2.24) is 25.7 Å². The van der Waals surface area contributed by atoms with Crippen molar-refractivity contribution in [2.24, 2.45) is 0 Å². The maximum atomic E-state index is 12.0. The lowest BCUT2D eigenvalue weighted by molar-refractivity contribution is 0.0946. The topological polar surface area (TPSA) is 73.1 Å². The molecule has 0 radical (unpaired) electrons. The Morgan fingerprint density at radius 3 is 2.64 bits per heavy atom. The number of carbonyl (C=O) groups is 1. The number of hydrogen-bond donors (Lipinski definition) is 3. The maximum absolute atomic E-state index is 12.0. The molecule has 1 aliphatic heterocycles. The molecule has 1 fully saturated rings. The van der Waals surface area contributed by atoms with Crippen LogP contribution in [0, 0.1) is 0 Å². The van der Waals surface area contributed by atoms with Gasteiger partial charge in [-0.15, -0.1) is 12.4 Å². The first kappa shape index (κ1) is 18.9. The molecular formula is C15H28ClN5O. The normalized spacial score (nSPS) is 16.1. The fourth-order valence-corrected chi connectivity index (χ4v) is 2.35. The fraction of sp³-hybridized carbons (Fsp3) is 0.733. The first-order valence-corrected chi connectivity index (χ1v) is 7.74. The molecule has 2 heterocycles. The Balaban J connectivity index is 0.00000242. The number of rotatable bonds is 5. The van der Waals surface area contributed by atoms with Crippen LogP contribution >= 0.6 is 12.4 Å². The predicted molar refractivity (Wildman–Crippen MR) is 90.8 cm³/mol. The minimum atomic E-state index is -0.0953. The van der Waals surface area contributed by atoms with Crippen LogP contribution in [0.1, 0.15) is 43.4 Å². The SMILES string of the molecule is CC(C)(C)c1cc(C(=O)NCCCN2CCNCC2)n[nH]1.Cl. The van der Waals surface area contributed by atoms with Crippen LogP contribution in [0.15, 0.2) is 6.07 Å². The van der Waals surface area contributed by atoms with Crippen LogP contribution < -0.4 is 10.6 Å². The molecule has 0 aromatic carbocycles. The highest BCUT2D eigenvalue weighted by molar-refractivity contribution is 5.92. The number of piperazine rings is 1. The van der Waals surface area contributed by atoms with E-state index in [0.717, 1.165) is 44.8 Å². The zero-order chi connectivity index (χ0) is 15.3. The highest BCUT2D eigenvalue weighted by Crippen LogP contribution is 2.20. The molecule has 2 rings (SSSR count). The number of nitrogens with one attached hydrogen (secondary N) is 3. The third kappa shape index (κ3) is 5.59. The first-order chi connectivity index (χ1) is 9.97. The van der Waals surface area contributed by atoms with Gasteiger partial charge < -0.3 is 15.5 Å². The van der Waals surface area contributed by atoms with Crippen molar-refractivity contribution in [3.05, 3.63) is 17.5 Å². The van der Waals surface area contributed by atoms with Crippen LogP contribution in [0.3, 0.4) is 0 Å². The van der Waals surface area contributed by atoms with Gasteiger partial charge in [0.05, 0.1) is 0 Å². The van der Waals surface area contributed by atoms with Gasteiger partial charge >= 0.3 is 0 Å². The van der Waals surface area contributed by atoms with Crippen LogP contribution in [-0.4, -0.2) is 60.3 Å². The number of halogens is 1. The minimum Gasteiger partial charge on any atom is -0.351 e. The van der Waals surface area contributed by atoms with Gasteiger partial charge in [0.2, 0.25) is 0 Å². The van der Waals surface area contributed by atoms with E-state index in [1.165, 1.54) is 0 Å². The van der Waals surface area contributed by atoms with Gasteiger partial charge in [0.15, 0.2) is 0 Å². The second kappa shape index (κ2) is 8.50. The molecule has 0 atom stereocenters. The van der Waals surface area contributed by atoms with E-state index in [0.29, 0.717) is 12.2 Å². The monoisotopic (exact) mass is 329 g/mol. The van der Waals surface area contributed by atoms with Crippen molar-refractivity contribution in [2.75, 3.05) is 39.3 Å². The van der Waals surface area contributed by atoms with E-state index in [1.54, 1.807) is 0 Å². The summed E-state index contributed by atoms with van der Waals surface area (Å²) in [6, 6.07) is 1.84. The molecule has 7 heteroatoms. The van der Waals surface area contributed by atoms with Crippen LogP contribution in [0.4, 0.5) is 0 Å². The lowest BCUT2D eigenvalue weighted by Crippen LogP contribution is -2.44. The Morgan fingerprint density at radius 2 is 2.05 bits per heavy atom. The van der Waals surface area contributed by atoms with E-state index in [2.05, 4.69) is 46.5 Å². The van der Waals surface area contributed by atoms with Gasteiger partial charge in [-0.25, -0.2) is 0 Å². The maximum Gasteiger partial charge on any atom is 0.271 e. The number of carbonyl (C=O) groups excluding carboxylic acids is 1. The predicted octanol–water partition coefficient (Wildman–Crippen LogP) is 1.15. The summed E-state index contributed by atoms with van der Waals surface area (Å²) in [5.41, 5.74) is 1.43. The highest BCUT2D eigenvalue weighted by Gasteiger charge is 2.19. The number of aromatic nitrogens is 2. The van der Waals surface area contributed by atoms with Crippen molar-refractivity contribution < 1.29 is 4.79 Å². The van der Waals surface area contributed by atoms with Crippen LogP contribution in [0.2, 0.25) is 0 Å². The summed E-state index contributed by atoms with van der Waals surface area (Å²) in [5.74, 6) is -0.0953. The summed E-state index contributed by atoms with van der Waals surface area (Å²) in [6.45, 7) is 12.3. The molecule has 0 saturated carbocycles. The van der Waals surface area contributed by atoms with Gasteiger partial charge in [0, 0.05) is 43.8 Å². The largest absolute Gasteiger partial charge is 0.351 e. The zero-order valence-electron chi connectivity index (χ0n) is 13.7. The smallest absolute Gasteiger partial charge is 0.271 e. The molecule has 1 aromatic rings. The van der Waals surface area contributed by atoms with Gasteiger partial charge in [0.25, 0.3) is 5.91 Å². The van der Waals surface area contributed by atoms with Gasteiger partial charge in [-0.05, 0) is 19.0 Å². The lowest BCUT2D eigenvalue weighted by Gasteiger charge is -2.26. The molecule has 126 valence electrons. The van der Waals surface area contributed by atoms with Gasteiger partial charge in [0.1, 0.15) is 5.69 Å². The fourth-order valence-electron chi connectivity index (χ4n) is 2.35. The molecule has 22 heavy (non-hydrogen) atoms. The number of H-pyrrole nitrogens is 1.